The molecule has 0 saturated heterocycles. The first-order valence-electron chi connectivity index (χ1n) is 28.6. The van der Waals surface area contributed by atoms with Crippen LogP contribution in [-0.2, 0) is 28.7 Å². The maximum absolute atomic E-state index is 11.0. The molecule has 0 aromatic carbocycles. The molecular formula is C58H108O8Sn. The van der Waals surface area contributed by atoms with Crippen LogP contribution in [0.25, 0.3) is 0 Å². The van der Waals surface area contributed by atoms with E-state index in [0.717, 1.165) is 37.8 Å². The summed E-state index contributed by atoms with van der Waals surface area (Å²) in [4.78, 5) is 42.2. The van der Waals surface area contributed by atoms with Gasteiger partial charge in [-0.2, -0.15) is 0 Å². The zero-order valence-corrected chi connectivity index (χ0v) is 47.5. The quantitative estimate of drug-likeness (QED) is 0.0255. The van der Waals surface area contributed by atoms with Crippen LogP contribution in [0.5, 0.6) is 0 Å². The van der Waals surface area contributed by atoms with E-state index < -0.39 is 23.9 Å². The van der Waals surface area contributed by atoms with Crippen LogP contribution in [0.4, 0.5) is 0 Å². The topological polar surface area (TPSA) is 133 Å². The van der Waals surface area contributed by atoms with Crippen molar-refractivity contribution in [2.75, 3.05) is 13.2 Å². The third-order valence-electron chi connectivity index (χ3n) is 12.1. The van der Waals surface area contributed by atoms with E-state index in [1.165, 1.54) is 231 Å². The Labute approximate surface area is 425 Å². The number of carboxylic acids is 2. The molecular weight excluding hydrogens is 943 g/mol. The predicted molar refractivity (Wildman–Crippen MR) is 282 cm³/mol. The molecule has 9 heteroatoms. The molecule has 0 atom stereocenters. The number of rotatable bonds is 50. The van der Waals surface area contributed by atoms with Crippen LogP contribution in [0.2, 0.25) is 8.87 Å². The van der Waals surface area contributed by atoms with Crippen LogP contribution in [0, 0.1) is 0 Å². The number of ether oxygens (including phenoxy) is 2. The van der Waals surface area contributed by atoms with E-state index in [0.29, 0.717) is 25.4 Å². The van der Waals surface area contributed by atoms with Gasteiger partial charge in [-0.15, -0.1) is 0 Å². The number of hydrogen-bond donors (Lipinski definition) is 0. The standard InChI is InChI=1S/2C17H30O4.2C12H25.Sn/c2*1-2-3-4-5-6-7-8-9-10-11-12-15-21-17(20)14-13-16(18)19;2*1-3-5-7-9-11-12-10-8-6-4-2;/h2*13-14H,2-12,15H2,1H3,(H,18,19);2*1,3-12H2,2H3;/q;;;;+2/p-2/b2*14-13-;;;. The second-order valence-electron chi connectivity index (χ2n) is 18.8. The molecule has 392 valence electrons. The molecule has 0 aromatic heterocycles. The molecule has 8 nitrogen and oxygen atoms in total. The van der Waals surface area contributed by atoms with Crippen LogP contribution in [0.15, 0.2) is 24.3 Å². The summed E-state index contributed by atoms with van der Waals surface area (Å²) < 4.78 is 13.0. The Morgan fingerprint density at radius 1 is 0.299 bits per heavy atom. The van der Waals surface area contributed by atoms with Crippen molar-refractivity contribution >= 4 is 45.0 Å². The Morgan fingerprint density at radius 2 is 0.493 bits per heavy atom. The number of hydrogen-bond acceptors (Lipinski definition) is 8. The summed E-state index contributed by atoms with van der Waals surface area (Å²) in [5.74, 6) is -4.01. The Bertz CT molecular complexity index is 995. The molecule has 0 fully saturated rings. The fraction of sp³-hybridized carbons (Fsp3) is 0.862. The van der Waals surface area contributed by atoms with Crippen LogP contribution in [0.1, 0.15) is 297 Å². The van der Waals surface area contributed by atoms with Gasteiger partial charge in [-0.05, 0) is 25.0 Å². The van der Waals surface area contributed by atoms with Crippen LogP contribution in [0.3, 0.4) is 0 Å². The fourth-order valence-electron chi connectivity index (χ4n) is 7.85. The third kappa shape index (κ3) is 73.3. The summed E-state index contributed by atoms with van der Waals surface area (Å²) in [7, 11) is 0. The number of aliphatic carboxylic acids is 2. The monoisotopic (exact) mass is 1050 g/mol. The number of carbonyl (C=O) groups is 4. The van der Waals surface area contributed by atoms with Gasteiger partial charge in [0.25, 0.3) is 0 Å². The predicted octanol–water partition coefficient (Wildman–Crippen LogP) is 15.7. The van der Waals surface area contributed by atoms with Gasteiger partial charge in [-0.1, -0.05) is 142 Å². The molecule has 0 aliphatic carbocycles. The summed E-state index contributed by atoms with van der Waals surface area (Å²) in [5.41, 5.74) is 0. The van der Waals surface area contributed by atoms with Gasteiger partial charge in [-0.25, -0.2) is 9.59 Å². The van der Waals surface area contributed by atoms with Crippen LogP contribution >= 0.6 is 0 Å². The number of esters is 2. The maximum atomic E-state index is 11.0. The molecule has 0 saturated carbocycles. The molecule has 0 aliphatic rings. The fourth-order valence-corrected chi connectivity index (χ4v) is 11.4. The minimum atomic E-state index is -1.39. The third-order valence-corrected chi connectivity index (χ3v) is 16.1. The molecule has 0 bridgehead atoms. The average Bonchev–Trinajstić information content (AvgIpc) is 3.31. The van der Waals surface area contributed by atoms with Crippen molar-refractivity contribution in [1.29, 1.82) is 0 Å². The van der Waals surface area contributed by atoms with Crippen molar-refractivity contribution in [3.63, 3.8) is 0 Å². The van der Waals surface area contributed by atoms with E-state index in [9.17, 15) is 29.4 Å². The molecule has 0 spiro atoms. The normalized spacial score (nSPS) is 10.9. The van der Waals surface area contributed by atoms with Gasteiger partial charge in [0.05, 0.1) is 25.2 Å². The molecule has 0 unspecified atom stereocenters. The summed E-state index contributed by atoms with van der Waals surface area (Å²) in [6.07, 6.45) is 60.3. The molecule has 67 heavy (non-hydrogen) atoms. The summed E-state index contributed by atoms with van der Waals surface area (Å²) in [5, 5.41) is 20.1. The molecule has 0 rings (SSSR count). The summed E-state index contributed by atoms with van der Waals surface area (Å²) in [6, 6.07) is 0. The average molecular weight is 1050 g/mol. The van der Waals surface area contributed by atoms with Gasteiger partial charge < -0.3 is 29.3 Å². The van der Waals surface area contributed by atoms with Gasteiger partial charge in [-0.3, -0.25) is 0 Å². The van der Waals surface area contributed by atoms with Gasteiger partial charge in [0, 0.05) is 12.2 Å². The van der Waals surface area contributed by atoms with E-state index in [1.54, 1.807) is 21.7 Å². The van der Waals surface area contributed by atoms with Crippen LogP contribution in [-0.4, -0.2) is 58.2 Å². The molecule has 0 aromatic rings. The van der Waals surface area contributed by atoms with Crippen molar-refractivity contribution < 1.29 is 38.9 Å². The molecule has 0 radical (unpaired) electrons. The number of carbonyl (C=O) groups excluding carboxylic acids is 4. The van der Waals surface area contributed by atoms with Crippen molar-refractivity contribution in [2.24, 2.45) is 0 Å². The van der Waals surface area contributed by atoms with Crippen molar-refractivity contribution in [2.45, 2.75) is 306 Å². The molecule has 0 N–H and O–H groups in total. The van der Waals surface area contributed by atoms with E-state index in [1.807, 2.05) is 0 Å². The summed E-state index contributed by atoms with van der Waals surface area (Å²) in [6.45, 7) is 9.79. The Hall–Kier alpha value is -1.84. The first-order chi connectivity index (χ1) is 32.7. The van der Waals surface area contributed by atoms with Crippen LogP contribution < -0.4 is 10.2 Å². The van der Waals surface area contributed by atoms with Crippen molar-refractivity contribution in [1.82, 2.24) is 0 Å². The van der Waals surface area contributed by atoms with E-state index in [-0.39, 0.29) is 21.1 Å². The molecule has 0 amide bonds. The van der Waals surface area contributed by atoms with Crippen molar-refractivity contribution in [3.8, 4) is 0 Å². The zero-order chi connectivity index (χ0) is 49.8. The number of carboxylic acid groups (broad SMARTS) is 2. The minimum absolute atomic E-state index is 0.0377. The van der Waals surface area contributed by atoms with Crippen molar-refractivity contribution in [3.05, 3.63) is 24.3 Å². The van der Waals surface area contributed by atoms with Gasteiger partial charge in [0.1, 0.15) is 0 Å². The second kappa shape index (κ2) is 64.2. The van der Waals surface area contributed by atoms with Gasteiger partial charge in [0.2, 0.25) is 0 Å². The SMILES string of the molecule is CCCCCCCCCCCCCOC(=O)/C=C\C(=O)[O-].CCCCCCCCCCCCCOC(=O)/C=C\C(=O)[O-].CCCCCCCCCCC[CH2][Sn+2][CH2]CCCCCCCCCCC. The zero-order valence-electron chi connectivity index (χ0n) is 44.6. The second-order valence-corrected chi connectivity index (χ2v) is 23.1. The summed E-state index contributed by atoms with van der Waals surface area (Å²) >= 11 is 0.0377. The van der Waals surface area contributed by atoms with Gasteiger partial charge in [0.15, 0.2) is 0 Å². The molecule has 0 aliphatic heterocycles. The van der Waals surface area contributed by atoms with E-state index >= 15 is 0 Å². The first-order valence-corrected chi connectivity index (χ1v) is 32.6. The van der Waals surface area contributed by atoms with Gasteiger partial charge >= 0.3 is 184 Å². The van der Waals surface area contributed by atoms with E-state index in [4.69, 9.17) is 9.47 Å². The Morgan fingerprint density at radius 3 is 0.701 bits per heavy atom. The number of unbranched alkanes of at least 4 members (excludes halogenated alkanes) is 38. The Balaban J connectivity index is -0.000000922. The van der Waals surface area contributed by atoms with E-state index in [2.05, 4.69) is 27.7 Å². The molecule has 0 heterocycles. The first kappa shape index (κ1) is 69.4. The Kier molecular flexibility index (Phi) is 66.5.